The molecule has 1 aromatic heterocycles. The molecule has 0 radical (unpaired) electrons. The van der Waals surface area contributed by atoms with Gasteiger partial charge in [0.15, 0.2) is 0 Å². The minimum atomic E-state index is -0.283. The Bertz CT molecular complexity index is 703. The molecule has 2 rings (SSSR count). The lowest BCUT2D eigenvalue weighted by Gasteiger charge is -2.09. The van der Waals surface area contributed by atoms with Crippen LogP contribution in [0.5, 0.6) is 0 Å². The Balaban J connectivity index is 2.13. The number of carbonyl (C=O) groups excluding carboxylic acids is 1. The molecule has 0 atom stereocenters. The number of hydrogen-bond acceptors (Lipinski definition) is 4. The molecule has 0 aliphatic rings. The zero-order valence-electron chi connectivity index (χ0n) is 13.6. The number of rotatable bonds is 6. The molecule has 0 fully saturated rings. The molecule has 122 valence electrons. The summed E-state index contributed by atoms with van der Waals surface area (Å²) in [4.78, 5) is 20.9. The minimum Gasteiger partial charge on any atom is -0.370 e. The van der Waals surface area contributed by atoms with Gasteiger partial charge in [0.25, 0.3) is 5.91 Å². The lowest BCUT2D eigenvalue weighted by atomic mass is 10.2. The Kier molecular flexibility index (Phi) is 5.93. The van der Waals surface area contributed by atoms with E-state index in [9.17, 15) is 4.79 Å². The van der Waals surface area contributed by atoms with Crippen LogP contribution in [-0.2, 0) is 0 Å². The summed E-state index contributed by atoms with van der Waals surface area (Å²) in [5, 5.41) is 6.63. The van der Waals surface area contributed by atoms with Crippen molar-refractivity contribution in [3.05, 3.63) is 46.4 Å². The number of halogens is 1. The van der Waals surface area contributed by atoms with E-state index in [2.05, 4.69) is 27.5 Å². The van der Waals surface area contributed by atoms with Gasteiger partial charge in [-0.3, -0.25) is 4.79 Å². The molecule has 1 aromatic carbocycles. The van der Waals surface area contributed by atoms with Crippen molar-refractivity contribution in [3.8, 4) is 0 Å². The molecule has 0 unspecified atom stereocenters. The van der Waals surface area contributed by atoms with Crippen LogP contribution in [0.3, 0.4) is 0 Å². The second-order valence-corrected chi connectivity index (χ2v) is 5.79. The Morgan fingerprint density at radius 2 is 2.00 bits per heavy atom. The average molecular weight is 333 g/mol. The van der Waals surface area contributed by atoms with Crippen LogP contribution in [0.4, 0.5) is 11.5 Å². The van der Waals surface area contributed by atoms with E-state index in [1.165, 1.54) is 0 Å². The topological polar surface area (TPSA) is 66.9 Å². The van der Waals surface area contributed by atoms with E-state index in [-0.39, 0.29) is 5.91 Å². The summed E-state index contributed by atoms with van der Waals surface area (Å²) in [6.07, 6.45) is 2.14. The second kappa shape index (κ2) is 7.92. The SMILES string of the molecule is CCCCNc1cc(C(=O)Nc2ccc(C)c(Cl)c2)nc(C)n1. The Morgan fingerprint density at radius 1 is 1.22 bits per heavy atom. The first-order valence-electron chi connectivity index (χ1n) is 7.66. The van der Waals surface area contributed by atoms with Gasteiger partial charge in [0.2, 0.25) is 0 Å². The number of nitrogens with one attached hydrogen (secondary N) is 2. The van der Waals surface area contributed by atoms with Gasteiger partial charge in [-0.05, 0) is 38.0 Å². The standard InChI is InChI=1S/C17H21ClN4O/c1-4-5-8-19-16-10-15(20-12(3)21-16)17(23)22-13-7-6-11(2)14(18)9-13/h6-7,9-10H,4-5,8H2,1-3H3,(H,22,23)(H,19,20,21). The fourth-order valence-electron chi connectivity index (χ4n) is 2.03. The third-order valence-electron chi connectivity index (χ3n) is 3.34. The molecule has 0 spiro atoms. The first-order chi connectivity index (χ1) is 11.0. The van der Waals surface area contributed by atoms with Gasteiger partial charge in [0.1, 0.15) is 17.3 Å². The molecule has 1 amide bonds. The Labute approximate surface area is 141 Å². The van der Waals surface area contributed by atoms with E-state index in [4.69, 9.17) is 11.6 Å². The van der Waals surface area contributed by atoms with Crippen LogP contribution in [0.15, 0.2) is 24.3 Å². The molecule has 2 N–H and O–H groups in total. The largest absolute Gasteiger partial charge is 0.370 e. The number of hydrogen-bond donors (Lipinski definition) is 2. The maximum Gasteiger partial charge on any atom is 0.274 e. The summed E-state index contributed by atoms with van der Waals surface area (Å²) in [5.41, 5.74) is 1.93. The van der Waals surface area contributed by atoms with Crippen LogP contribution in [-0.4, -0.2) is 22.4 Å². The third-order valence-corrected chi connectivity index (χ3v) is 3.74. The van der Waals surface area contributed by atoms with E-state index >= 15 is 0 Å². The number of carbonyl (C=O) groups is 1. The van der Waals surface area contributed by atoms with Crippen molar-refractivity contribution in [2.24, 2.45) is 0 Å². The van der Waals surface area contributed by atoms with Crippen molar-refractivity contribution in [1.29, 1.82) is 0 Å². The molecule has 2 aromatic rings. The minimum absolute atomic E-state index is 0.283. The summed E-state index contributed by atoms with van der Waals surface area (Å²) in [7, 11) is 0. The molecule has 0 saturated heterocycles. The normalized spacial score (nSPS) is 10.4. The number of anilines is 2. The number of aryl methyl sites for hydroxylation is 2. The van der Waals surface area contributed by atoms with E-state index < -0.39 is 0 Å². The number of nitrogens with zero attached hydrogens (tertiary/aromatic N) is 2. The molecule has 0 aliphatic heterocycles. The van der Waals surface area contributed by atoms with Crippen LogP contribution in [0, 0.1) is 13.8 Å². The smallest absolute Gasteiger partial charge is 0.274 e. The molecular weight excluding hydrogens is 312 g/mol. The van der Waals surface area contributed by atoms with Crippen molar-refractivity contribution in [1.82, 2.24) is 9.97 Å². The van der Waals surface area contributed by atoms with Gasteiger partial charge >= 0.3 is 0 Å². The molecular formula is C17H21ClN4O. The lowest BCUT2D eigenvalue weighted by Crippen LogP contribution is -2.16. The van der Waals surface area contributed by atoms with Gasteiger partial charge in [-0.1, -0.05) is 31.0 Å². The fourth-order valence-corrected chi connectivity index (χ4v) is 2.21. The highest BCUT2D eigenvalue weighted by Gasteiger charge is 2.11. The van der Waals surface area contributed by atoms with Crippen LogP contribution in [0.25, 0.3) is 0 Å². The van der Waals surface area contributed by atoms with E-state index in [1.807, 2.05) is 19.1 Å². The zero-order chi connectivity index (χ0) is 16.8. The lowest BCUT2D eigenvalue weighted by molar-refractivity contribution is 0.102. The van der Waals surface area contributed by atoms with Crippen molar-refractivity contribution in [3.63, 3.8) is 0 Å². The fraction of sp³-hybridized carbons (Fsp3) is 0.353. The quantitative estimate of drug-likeness (QED) is 0.777. The summed E-state index contributed by atoms with van der Waals surface area (Å²) in [6.45, 7) is 6.63. The van der Waals surface area contributed by atoms with Crippen molar-refractivity contribution in [2.75, 3.05) is 17.2 Å². The first kappa shape index (κ1) is 17.2. The highest BCUT2D eigenvalue weighted by molar-refractivity contribution is 6.31. The van der Waals surface area contributed by atoms with Gasteiger partial charge in [-0.2, -0.15) is 0 Å². The molecule has 0 aliphatic carbocycles. The number of unbranched alkanes of at least 4 members (excludes halogenated alkanes) is 1. The predicted octanol–water partition coefficient (Wildman–Crippen LogP) is 4.21. The summed E-state index contributed by atoms with van der Waals surface area (Å²) in [6, 6.07) is 7.06. The van der Waals surface area contributed by atoms with Crippen LogP contribution in [0.2, 0.25) is 5.02 Å². The molecule has 23 heavy (non-hydrogen) atoms. The first-order valence-corrected chi connectivity index (χ1v) is 8.04. The predicted molar refractivity (Wildman–Crippen MR) is 94.3 cm³/mol. The van der Waals surface area contributed by atoms with E-state index in [0.717, 1.165) is 24.9 Å². The maximum absolute atomic E-state index is 12.4. The Morgan fingerprint density at radius 3 is 2.70 bits per heavy atom. The van der Waals surface area contributed by atoms with Gasteiger partial charge < -0.3 is 10.6 Å². The third kappa shape index (κ3) is 4.93. The summed E-state index contributed by atoms with van der Waals surface area (Å²) < 4.78 is 0. The van der Waals surface area contributed by atoms with Gasteiger partial charge in [0, 0.05) is 23.3 Å². The van der Waals surface area contributed by atoms with Crippen LogP contribution >= 0.6 is 11.6 Å². The molecule has 1 heterocycles. The van der Waals surface area contributed by atoms with Crippen LogP contribution in [0.1, 0.15) is 41.6 Å². The van der Waals surface area contributed by atoms with E-state index in [1.54, 1.807) is 19.1 Å². The second-order valence-electron chi connectivity index (χ2n) is 5.38. The van der Waals surface area contributed by atoms with Crippen molar-refractivity contribution < 1.29 is 4.79 Å². The van der Waals surface area contributed by atoms with Crippen molar-refractivity contribution >= 4 is 29.0 Å². The molecule has 0 saturated carbocycles. The molecule has 6 heteroatoms. The average Bonchev–Trinajstić information content (AvgIpc) is 2.51. The van der Waals surface area contributed by atoms with Gasteiger partial charge in [-0.15, -0.1) is 0 Å². The summed E-state index contributed by atoms with van der Waals surface area (Å²) >= 11 is 6.08. The summed E-state index contributed by atoms with van der Waals surface area (Å²) in [5.74, 6) is 0.936. The Hall–Kier alpha value is -2.14. The highest BCUT2D eigenvalue weighted by atomic mass is 35.5. The number of benzene rings is 1. The van der Waals surface area contributed by atoms with Crippen LogP contribution < -0.4 is 10.6 Å². The maximum atomic E-state index is 12.4. The highest BCUT2D eigenvalue weighted by Crippen LogP contribution is 2.20. The zero-order valence-corrected chi connectivity index (χ0v) is 14.4. The number of aromatic nitrogens is 2. The van der Waals surface area contributed by atoms with Crippen molar-refractivity contribution in [2.45, 2.75) is 33.6 Å². The molecule has 5 nitrogen and oxygen atoms in total. The monoisotopic (exact) mass is 332 g/mol. The van der Waals surface area contributed by atoms with Gasteiger partial charge in [-0.25, -0.2) is 9.97 Å². The molecule has 0 bridgehead atoms. The number of amides is 1. The van der Waals surface area contributed by atoms with Gasteiger partial charge in [0.05, 0.1) is 0 Å². The van der Waals surface area contributed by atoms with E-state index in [0.29, 0.717) is 28.0 Å².